The monoisotopic (exact) mass is 290 g/mol. The minimum atomic E-state index is -2.70. The van der Waals surface area contributed by atoms with Gasteiger partial charge in [0.2, 0.25) is 0 Å². The van der Waals surface area contributed by atoms with Gasteiger partial charge in [-0.05, 0) is 18.2 Å². The van der Waals surface area contributed by atoms with Gasteiger partial charge in [-0.1, -0.05) is 22.5 Å². The molecule has 0 aliphatic carbocycles. The highest BCUT2D eigenvalue weighted by atomic mass is 79.9. The number of primary amides is 1. The molecule has 0 saturated heterocycles. The van der Waals surface area contributed by atoms with Crippen LogP contribution in [0, 0.1) is 0 Å². The van der Waals surface area contributed by atoms with Crippen LogP contribution < -0.4 is 11.1 Å². The lowest BCUT2D eigenvalue weighted by molar-refractivity contribution is 0.100. The summed E-state index contributed by atoms with van der Waals surface area (Å²) in [6.45, 7) is 3.15. The summed E-state index contributed by atoms with van der Waals surface area (Å²) in [5, 5.41) is 2.35. The SMILES string of the molecule is C=C(Nc1ccc(Br)cc1C(N)=O)C(F)F. The molecular formula is C10H9BrF2N2O. The molecule has 1 amide bonds. The topological polar surface area (TPSA) is 55.1 Å². The van der Waals surface area contributed by atoms with Gasteiger partial charge in [0.15, 0.2) is 0 Å². The maximum Gasteiger partial charge on any atom is 0.277 e. The molecule has 0 aliphatic heterocycles. The highest BCUT2D eigenvalue weighted by molar-refractivity contribution is 9.10. The normalized spacial score (nSPS) is 10.2. The van der Waals surface area contributed by atoms with E-state index in [9.17, 15) is 13.6 Å². The molecule has 0 radical (unpaired) electrons. The van der Waals surface area contributed by atoms with Gasteiger partial charge in [0.25, 0.3) is 12.3 Å². The van der Waals surface area contributed by atoms with E-state index < -0.39 is 18.0 Å². The van der Waals surface area contributed by atoms with Gasteiger partial charge < -0.3 is 11.1 Å². The summed E-state index contributed by atoms with van der Waals surface area (Å²) < 4.78 is 25.1. The van der Waals surface area contributed by atoms with Crippen LogP contribution in [0.1, 0.15) is 10.4 Å². The summed E-state index contributed by atoms with van der Waals surface area (Å²) in [6.07, 6.45) is -2.70. The molecule has 3 nitrogen and oxygen atoms in total. The Balaban J connectivity index is 3.04. The van der Waals surface area contributed by atoms with Crippen LogP contribution >= 0.6 is 15.9 Å². The Bertz CT molecular complexity index is 435. The fraction of sp³-hybridized carbons (Fsp3) is 0.100. The first-order valence-corrected chi connectivity index (χ1v) is 5.04. The van der Waals surface area contributed by atoms with Gasteiger partial charge in [-0.25, -0.2) is 8.78 Å². The molecule has 86 valence electrons. The van der Waals surface area contributed by atoms with Crippen molar-refractivity contribution in [3.63, 3.8) is 0 Å². The molecule has 1 rings (SSSR count). The first-order valence-electron chi connectivity index (χ1n) is 4.25. The third-order valence-electron chi connectivity index (χ3n) is 1.81. The number of benzene rings is 1. The van der Waals surface area contributed by atoms with Crippen molar-refractivity contribution in [1.82, 2.24) is 0 Å². The Morgan fingerprint density at radius 3 is 2.62 bits per heavy atom. The zero-order valence-corrected chi connectivity index (χ0v) is 9.72. The molecule has 0 fully saturated rings. The van der Waals surface area contributed by atoms with E-state index in [-0.39, 0.29) is 11.3 Å². The number of halogens is 3. The van der Waals surface area contributed by atoms with Crippen LogP contribution in [0.25, 0.3) is 0 Å². The lowest BCUT2D eigenvalue weighted by atomic mass is 10.1. The van der Waals surface area contributed by atoms with Gasteiger partial charge >= 0.3 is 0 Å². The quantitative estimate of drug-likeness (QED) is 0.896. The standard InChI is InChI=1S/C10H9BrF2N2O/c1-5(9(12)13)15-8-3-2-6(11)4-7(8)10(14)16/h2-4,9,15H,1H2,(H2,14,16). The molecule has 0 saturated carbocycles. The maximum atomic E-state index is 12.2. The van der Waals surface area contributed by atoms with E-state index in [1.54, 1.807) is 6.07 Å². The summed E-state index contributed by atoms with van der Waals surface area (Å²) in [4.78, 5) is 11.1. The number of amides is 1. The minimum absolute atomic E-state index is 0.121. The fourth-order valence-electron chi connectivity index (χ4n) is 1.06. The lowest BCUT2D eigenvalue weighted by Crippen LogP contribution is -2.15. The summed E-state index contributed by atoms with van der Waals surface area (Å²) in [5.41, 5.74) is 4.97. The molecule has 0 unspecified atom stereocenters. The number of carbonyl (C=O) groups is 1. The van der Waals surface area contributed by atoms with Crippen molar-refractivity contribution >= 4 is 27.5 Å². The average molecular weight is 291 g/mol. The molecule has 16 heavy (non-hydrogen) atoms. The number of hydrogen-bond acceptors (Lipinski definition) is 2. The van der Waals surface area contributed by atoms with E-state index in [2.05, 4.69) is 27.8 Å². The van der Waals surface area contributed by atoms with Gasteiger partial charge in [0.05, 0.1) is 16.9 Å². The molecule has 1 aromatic carbocycles. The Morgan fingerprint density at radius 1 is 1.50 bits per heavy atom. The van der Waals surface area contributed by atoms with E-state index in [4.69, 9.17) is 5.73 Å². The second-order valence-electron chi connectivity index (χ2n) is 3.01. The molecule has 0 aromatic heterocycles. The summed E-state index contributed by atoms with van der Waals surface area (Å²) in [5.74, 6) is -0.703. The van der Waals surface area contributed by atoms with Crippen molar-refractivity contribution in [2.24, 2.45) is 5.73 Å². The van der Waals surface area contributed by atoms with Gasteiger partial charge in [-0.2, -0.15) is 0 Å². The zero-order valence-electron chi connectivity index (χ0n) is 8.14. The summed E-state index contributed by atoms with van der Waals surface area (Å²) >= 11 is 3.15. The molecule has 0 atom stereocenters. The van der Waals surface area contributed by atoms with Crippen molar-refractivity contribution in [2.45, 2.75) is 6.43 Å². The minimum Gasteiger partial charge on any atom is -0.366 e. The highest BCUT2D eigenvalue weighted by Gasteiger charge is 2.13. The number of carbonyl (C=O) groups excluding carboxylic acids is 1. The number of hydrogen-bond donors (Lipinski definition) is 2. The van der Waals surface area contributed by atoms with E-state index in [1.807, 2.05) is 0 Å². The number of allylic oxidation sites excluding steroid dienone is 1. The lowest BCUT2D eigenvalue weighted by Gasteiger charge is -2.11. The Morgan fingerprint density at radius 2 is 2.12 bits per heavy atom. The van der Waals surface area contributed by atoms with Crippen LogP contribution in [0.2, 0.25) is 0 Å². The van der Waals surface area contributed by atoms with Gasteiger partial charge in [-0.15, -0.1) is 0 Å². The first kappa shape index (κ1) is 12.6. The molecule has 0 heterocycles. The second kappa shape index (κ2) is 5.07. The van der Waals surface area contributed by atoms with Crippen molar-refractivity contribution in [3.8, 4) is 0 Å². The Labute approximate surface area is 99.5 Å². The third kappa shape index (κ3) is 3.03. The third-order valence-corrected chi connectivity index (χ3v) is 2.30. The maximum absolute atomic E-state index is 12.2. The molecular weight excluding hydrogens is 282 g/mol. The second-order valence-corrected chi connectivity index (χ2v) is 3.92. The smallest absolute Gasteiger partial charge is 0.277 e. The van der Waals surface area contributed by atoms with Gasteiger partial charge in [0.1, 0.15) is 0 Å². The molecule has 1 aromatic rings. The Hall–Kier alpha value is -1.43. The van der Waals surface area contributed by atoms with E-state index >= 15 is 0 Å². The molecule has 3 N–H and O–H groups in total. The molecule has 0 bridgehead atoms. The van der Waals surface area contributed by atoms with Crippen molar-refractivity contribution < 1.29 is 13.6 Å². The van der Waals surface area contributed by atoms with E-state index in [0.717, 1.165) is 0 Å². The highest BCUT2D eigenvalue weighted by Crippen LogP contribution is 2.22. The van der Waals surface area contributed by atoms with Crippen LogP contribution in [-0.4, -0.2) is 12.3 Å². The predicted molar refractivity (Wildman–Crippen MR) is 61.4 cm³/mol. The fourth-order valence-corrected chi connectivity index (χ4v) is 1.42. The summed E-state index contributed by atoms with van der Waals surface area (Å²) in [7, 11) is 0. The van der Waals surface area contributed by atoms with E-state index in [1.165, 1.54) is 12.1 Å². The van der Waals surface area contributed by atoms with Crippen LogP contribution in [0.15, 0.2) is 34.9 Å². The van der Waals surface area contributed by atoms with Gasteiger partial charge in [-0.3, -0.25) is 4.79 Å². The molecule has 6 heteroatoms. The number of nitrogens with two attached hydrogens (primary N) is 1. The van der Waals surface area contributed by atoms with E-state index in [0.29, 0.717) is 4.47 Å². The Kier molecular flexibility index (Phi) is 4.00. The number of rotatable bonds is 4. The van der Waals surface area contributed by atoms with Gasteiger partial charge in [0, 0.05) is 4.47 Å². The summed E-state index contributed by atoms with van der Waals surface area (Å²) in [6, 6.07) is 4.52. The van der Waals surface area contributed by atoms with Crippen LogP contribution in [-0.2, 0) is 0 Å². The van der Waals surface area contributed by atoms with Crippen LogP contribution in [0.5, 0.6) is 0 Å². The molecule has 0 spiro atoms. The number of anilines is 1. The van der Waals surface area contributed by atoms with Crippen LogP contribution in [0.3, 0.4) is 0 Å². The van der Waals surface area contributed by atoms with Crippen molar-refractivity contribution in [3.05, 3.63) is 40.5 Å². The molecule has 0 aliphatic rings. The number of nitrogens with one attached hydrogen (secondary N) is 1. The van der Waals surface area contributed by atoms with Crippen LogP contribution in [0.4, 0.5) is 14.5 Å². The largest absolute Gasteiger partial charge is 0.366 e. The predicted octanol–water partition coefficient (Wildman–Crippen LogP) is 2.74. The average Bonchev–Trinajstić information content (AvgIpc) is 2.20. The zero-order chi connectivity index (χ0) is 12.3. The first-order chi connectivity index (χ1) is 7.41. The van der Waals surface area contributed by atoms with Crippen molar-refractivity contribution in [1.29, 1.82) is 0 Å². The number of alkyl halides is 2. The van der Waals surface area contributed by atoms with Crippen molar-refractivity contribution in [2.75, 3.05) is 5.32 Å².